The Kier molecular flexibility index (Phi) is 6.23. The smallest absolute Gasteiger partial charge is 0.256 e. The maximum atomic E-state index is 7.41. The molecule has 0 atom stereocenters. The highest BCUT2D eigenvalue weighted by Crippen LogP contribution is 2.60. The minimum atomic E-state index is -0.137. The Morgan fingerprint density at radius 2 is 0.891 bits per heavy atom. The van der Waals surface area contributed by atoms with Gasteiger partial charge in [-0.05, 0) is 82.0 Å². The molecule has 16 rings (SSSR count). The number of hydrogen-bond donors (Lipinski definition) is 0. The summed E-state index contributed by atoms with van der Waals surface area (Å²) >= 11 is 1.80. The van der Waals surface area contributed by atoms with Crippen molar-refractivity contribution in [2.24, 2.45) is 0 Å². The molecule has 0 spiro atoms. The lowest BCUT2D eigenvalue weighted by Gasteiger charge is -2.49. The molecule has 0 saturated heterocycles. The third kappa shape index (κ3) is 4.12. The van der Waals surface area contributed by atoms with Gasteiger partial charge in [0.1, 0.15) is 34.2 Å². The van der Waals surface area contributed by atoms with Gasteiger partial charge in [-0.25, -0.2) is 0 Å². The highest BCUT2D eigenvalue weighted by molar-refractivity contribution is 8.00. The zero-order valence-electron chi connectivity index (χ0n) is 34.6. The summed E-state index contributed by atoms with van der Waals surface area (Å²) in [6, 6.07) is 54.5. The maximum absolute atomic E-state index is 7.41. The average Bonchev–Trinajstić information content (AvgIpc) is 3.90. The monoisotopic (exact) mass is 835 g/mol. The van der Waals surface area contributed by atoms with E-state index in [2.05, 4.69) is 170 Å². The Hall–Kier alpha value is -7.54. The van der Waals surface area contributed by atoms with E-state index in [0.29, 0.717) is 0 Å². The van der Waals surface area contributed by atoms with Crippen LogP contribution in [0.1, 0.15) is 11.1 Å². The predicted molar refractivity (Wildman–Crippen MR) is 262 cm³/mol. The Bertz CT molecular complexity index is 3730. The van der Waals surface area contributed by atoms with E-state index in [9.17, 15) is 0 Å². The molecule has 5 aliphatic rings. The molecule has 0 radical (unpaired) electrons. The molecule has 0 amide bonds. The zero-order chi connectivity index (χ0) is 41.7. The Balaban J connectivity index is 1.10. The number of fused-ring (bicyclic) bond motifs is 14. The normalized spacial score (nSPS) is 14.2. The van der Waals surface area contributed by atoms with Gasteiger partial charge in [0.25, 0.3) is 13.4 Å². The number of anilines is 3. The molecule has 0 unspecified atom stereocenters. The van der Waals surface area contributed by atoms with E-state index in [1.165, 1.54) is 43.9 Å². The van der Waals surface area contributed by atoms with Crippen molar-refractivity contribution in [1.29, 1.82) is 0 Å². The first-order chi connectivity index (χ1) is 31.6. The van der Waals surface area contributed by atoms with Crippen molar-refractivity contribution in [2.45, 2.75) is 23.6 Å². The van der Waals surface area contributed by atoms with Crippen molar-refractivity contribution in [3.8, 4) is 45.3 Å². The molecule has 8 heteroatoms. The second kappa shape index (κ2) is 11.7. The van der Waals surface area contributed by atoms with Crippen LogP contribution in [-0.2, 0) is 0 Å². The third-order valence-corrected chi connectivity index (χ3v) is 15.5. The third-order valence-electron chi connectivity index (χ3n) is 14.4. The van der Waals surface area contributed by atoms with Crippen LogP contribution in [0.5, 0.6) is 23.0 Å². The summed E-state index contributed by atoms with van der Waals surface area (Å²) in [5, 5.41) is 4.44. The minimum Gasteiger partial charge on any atom is -0.458 e. The molecular weight excluding hydrogens is 804 g/mol. The zero-order valence-corrected chi connectivity index (χ0v) is 35.4. The topological polar surface area (TPSA) is 48.0 Å². The lowest BCUT2D eigenvalue weighted by Crippen LogP contribution is -2.67. The van der Waals surface area contributed by atoms with Gasteiger partial charge in [0.2, 0.25) is 0 Å². The van der Waals surface area contributed by atoms with Gasteiger partial charge >= 0.3 is 0 Å². The fourth-order valence-corrected chi connectivity index (χ4v) is 13.2. The van der Waals surface area contributed by atoms with Gasteiger partial charge in [0, 0.05) is 44.4 Å². The van der Waals surface area contributed by atoms with Gasteiger partial charge in [-0.1, -0.05) is 144 Å². The summed E-state index contributed by atoms with van der Waals surface area (Å²) in [6.07, 6.45) is 0. The SMILES string of the molecule is Cc1cc2c(c(-c3ccccc3)c1)Oc1cc3c4c5c1B2c1cc2c(oc6ccccc62)c2c1N5c1c(cc5c(oc6ccccc65)c1S2)B4c1cc(C)cc(-c2ccccc2)c1O3. The number of nitrogens with zero attached hydrogens (tertiary/aromatic N) is 1. The van der Waals surface area contributed by atoms with Gasteiger partial charge in [-0.15, -0.1) is 0 Å². The second-order valence-corrected chi connectivity index (χ2v) is 19.0. The van der Waals surface area contributed by atoms with Gasteiger partial charge in [-0.2, -0.15) is 0 Å². The number of furan rings is 2. The lowest BCUT2D eigenvalue weighted by atomic mass is 9.29. The lowest BCUT2D eigenvalue weighted by molar-refractivity contribution is 0.467. The summed E-state index contributed by atoms with van der Waals surface area (Å²) in [7, 11) is 0. The number of ether oxygens (including phenoxy) is 2. The summed E-state index contributed by atoms with van der Waals surface area (Å²) in [6.45, 7) is 4.15. The standard InChI is InChI=1S/C56H31B2NO4S/c1-28-21-34(30-13-5-3-6-14-30)51-40(23-28)57-38-25-36-32-17-9-11-19-42(32)60-53(36)55-48(38)59-49-39(26-37-33-18-10-12-20-43(33)61-54(37)56(49)64-55)58-41-24-29(2)22-35(31-15-7-4-8-16-31)52(41)63-45-27-44(62-51)46(57)50(59)47(45)58/h3-27H,1-2H3. The van der Waals surface area contributed by atoms with Crippen molar-refractivity contribution in [2.75, 3.05) is 4.90 Å². The second-order valence-electron chi connectivity index (χ2n) is 18.0. The van der Waals surface area contributed by atoms with Gasteiger partial charge in [-0.3, -0.25) is 0 Å². The molecule has 5 aliphatic heterocycles. The summed E-state index contributed by atoms with van der Waals surface area (Å²) in [4.78, 5) is 4.75. The van der Waals surface area contributed by atoms with Crippen molar-refractivity contribution in [3.05, 3.63) is 163 Å². The van der Waals surface area contributed by atoms with Crippen LogP contribution < -0.4 is 47.2 Å². The van der Waals surface area contributed by atoms with Crippen molar-refractivity contribution in [1.82, 2.24) is 0 Å². The van der Waals surface area contributed by atoms with E-state index in [0.717, 1.165) is 116 Å². The number of benzene rings is 9. The quantitative estimate of drug-likeness (QED) is 0.162. The van der Waals surface area contributed by atoms with Crippen LogP contribution in [0.3, 0.4) is 0 Å². The molecule has 64 heavy (non-hydrogen) atoms. The average molecular weight is 836 g/mol. The number of aryl methyl sites for hydroxylation is 2. The van der Waals surface area contributed by atoms with E-state index in [-0.39, 0.29) is 13.4 Å². The van der Waals surface area contributed by atoms with Crippen LogP contribution in [-0.4, -0.2) is 13.4 Å². The highest BCUT2D eigenvalue weighted by atomic mass is 32.2. The highest BCUT2D eigenvalue weighted by Gasteiger charge is 2.54. The Labute approximate surface area is 372 Å². The maximum Gasteiger partial charge on any atom is 0.256 e. The van der Waals surface area contributed by atoms with Crippen molar-refractivity contribution in [3.63, 3.8) is 0 Å². The predicted octanol–water partition coefficient (Wildman–Crippen LogP) is 11.2. The first-order valence-corrected chi connectivity index (χ1v) is 22.8. The molecule has 0 saturated carbocycles. The molecule has 0 fully saturated rings. The fourth-order valence-electron chi connectivity index (χ4n) is 11.9. The van der Waals surface area contributed by atoms with E-state index < -0.39 is 0 Å². The van der Waals surface area contributed by atoms with Crippen LogP contribution in [0.15, 0.2) is 170 Å². The molecule has 0 aliphatic carbocycles. The van der Waals surface area contributed by atoms with E-state index in [1.54, 1.807) is 11.8 Å². The van der Waals surface area contributed by atoms with E-state index >= 15 is 0 Å². The minimum absolute atomic E-state index is 0.137. The van der Waals surface area contributed by atoms with E-state index in [4.69, 9.17) is 18.3 Å². The molecule has 5 nitrogen and oxygen atoms in total. The summed E-state index contributed by atoms with van der Waals surface area (Å²) < 4.78 is 28.8. The van der Waals surface area contributed by atoms with Gasteiger partial charge in [0.15, 0.2) is 11.2 Å². The van der Waals surface area contributed by atoms with Gasteiger partial charge in [0.05, 0.1) is 21.2 Å². The molecule has 11 aromatic rings. The molecule has 296 valence electrons. The fraction of sp³-hybridized carbons (Fsp3) is 0.0357. The number of rotatable bonds is 2. The number of hydrogen-bond acceptors (Lipinski definition) is 6. The Morgan fingerprint density at radius 1 is 0.438 bits per heavy atom. The molecule has 7 heterocycles. The van der Waals surface area contributed by atoms with Crippen molar-refractivity contribution >= 4 is 119 Å². The van der Waals surface area contributed by atoms with Crippen LogP contribution in [0.4, 0.5) is 17.1 Å². The largest absolute Gasteiger partial charge is 0.458 e. The molecule has 0 bridgehead atoms. The van der Waals surface area contributed by atoms with Crippen LogP contribution >= 0.6 is 11.8 Å². The first-order valence-electron chi connectivity index (χ1n) is 22.0. The van der Waals surface area contributed by atoms with Crippen LogP contribution in [0.2, 0.25) is 0 Å². The summed E-state index contributed by atoms with van der Waals surface area (Å²) in [5.41, 5.74) is 20.9. The van der Waals surface area contributed by atoms with Crippen LogP contribution in [0, 0.1) is 13.8 Å². The summed E-state index contributed by atoms with van der Waals surface area (Å²) in [5.74, 6) is 3.41. The molecule has 0 N–H and O–H groups in total. The molecular formula is C56H31B2NO4S. The molecule has 9 aromatic carbocycles. The number of para-hydroxylation sites is 2. The first kappa shape index (κ1) is 34.0. The molecule has 2 aromatic heterocycles. The van der Waals surface area contributed by atoms with Crippen molar-refractivity contribution < 1.29 is 18.3 Å². The van der Waals surface area contributed by atoms with Gasteiger partial charge < -0.3 is 23.2 Å². The van der Waals surface area contributed by atoms with Crippen LogP contribution in [0.25, 0.3) is 66.1 Å². The van der Waals surface area contributed by atoms with E-state index in [1.807, 2.05) is 0 Å². The Morgan fingerprint density at radius 3 is 1.38 bits per heavy atom.